The normalized spacial score (nSPS) is 11.8. The molecule has 0 bridgehead atoms. The molecule has 2 heterocycles. The first-order valence-corrected chi connectivity index (χ1v) is 6.10. The smallest absolute Gasteiger partial charge is 0.341 e. The van der Waals surface area contributed by atoms with Crippen LogP contribution in [0.1, 0.15) is 43.8 Å². The SMILES string of the molecule is CCn1cncc1-c1noc(C(C)(C)C)c1C(=O)O. The van der Waals surface area contributed by atoms with Crippen molar-refractivity contribution in [1.29, 1.82) is 0 Å². The Bertz CT molecular complexity index is 605. The van der Waals surface area contributed by atoms with Crippen LogP contribution in [0.2, 0.25) is 0 Å². The van der Waals surface area contributed by atoms with Crippen molar-refractivity contribution in [3.05, 3.63) is 23.8 Å². The van der Waals surface area contributed by atoms with E-state index in [0.29, 0.717) is 23.7 Å². The summed E-state index contributed by atoms with van der Waals surface area (Å²) in [4.78, 5) is 15.5. The number of hydrogen-bond donors (Lipinski definition) is 1. The fourth-order valence-electron chi connectivity index (χ4n) is 1.95. The number of nitrogens with zero attached hydrogens (tertiary/aromatic N) is 3. The van der Waals surface area contributed by atoms with Crippen molar-refractivity contribution in [3.8, 4) is 11.4 Å². The highest BCUT2D eigenvalue weighted by molar-refractivity contribution is 5.95. The number of carboxylic acids is 1. The van der Waals surface area contributed by atoms with Crippen LogP contribution in [0.5, 0.6) is 0 Å². The van der Waals surface area contributed by atoms with E-state index in [9.17, 15) is 9.90 Å². The Hall–Kier alpha value is -2.11. The zero-order valence-electron chi connectivity index (χ0n) is 11.5. The summed E-state index contributed by atoms with van der Waals surface area (Å²) in [5.74, 6) is -0.663. The minimum atomic E-state index is -1.04. The third-order valence-corrected chi connectivity index (χ3v) is 2.88. The lowest BCUT2D eigenvalue weighted by Crippen LogP contribution is -2.15. The molecule has 0 aliphatic heterocycles. The average molecular weight is 263 g/mol. The van der Waals surface area contributed by atoms with Crippen LogP contribution in [-0.4, -0.2) is 25.8 Å². The second-order valence-electron chi connectivity index (χ2n) is 5.36. The lowest BCUT2D eigenvalue weighted by molar-refractivity contribution is 0.0692. The van der Waals surface area contributed by atoms with Gasteiger partial charge in [0.05, 0.1) is 18.2 Å². The van der Waals surface area contributed by atoms with E-state index in [1.165, 1.54) is 0 Å². The molecular formula is C13H17N3O3. The molecule has 2 rings (SSSR count). The molecule has 102 valence electrons. The molecule has 2 aromatic heterocycles. The summed E-state index contributed by atoms with van der Waals surface area (Å²) in [6.07, 6.45) is 3.24. The van der Waals surface area contributed by atoms with Crippen LogP contribution in [0.3, 0.4) is 0 Å². The Morgan fingerprint density at radius 2 is 2.16 bits per heavy atom. The van der Waals surface area contributed by atoms with Gasteiger partial charge in [0.25, 0.3) is 0 Å². The van der Waals surface area contributed by atoms with Crippen LogP contribution in [0.4, 0.5) is 0 Å². The summed E-state index contributed by atoms with van der Waals surface area (Å²) >= 11 is 0. The van der Waals surface area contributed by atoms with Gasteiger partial charge in [-0.2, -0.15) is 0 Å². The molecular weight excluding hydrogens is 246 g/mol. The first-order valence-electron chi connectivity index (χ1n) is 6.10. The average Bonchev–Trinajstić information content (AvgIpc) is 2.93. The minimum Gasteiger partial charge on any atom is -0.477 e. The lowest BCUT2D eigenvalue weighted by Gasteiger charge is -2.14. The predicted octanol–water partition coefficient (Wildman–Crippen LogP) is 2.55. The number of rotatable bonds is 3. The summed E-state index contributed by atoms with van der Waals surface area (Å²) in [5.41, 5.74) is 0.675. The quantitative estimate of drug-likeness (QED) is 0.920. The molecule has 1 N–H and O–H groups in total. The van der Waals surface area contributed by atoms with Gasteiger partial charge in [-0.25, -0.2) is 9.78 Å². The van der Waals surface area contributed by atoms with E-state index >= 15 is 0 Å². The topological polar surface area (TPSA) is 81.2 Å². The molecule has 0 atom stereocenters. The molecule has 0 aliphatic rings. The molecule has 0 aliphatic carbocycles. The van der Waals surface area contributed by atoms with Gasteiger partial charge in [0.2, 0.25) is 0 Å². The van der Waals surface area contributed by atoms with E-state index in [1.54, 1.807) is 12.5 Å². The molecule has 19 heavy (non-hydrogen) atoms. The Labute approximate surface area is 111 Å². The molecule has 0 saturated heterocycles. The fraction of sp³-hybridized carbons (Fsp3) is 0.462. The third kappa shape index (κ3) is 2.25. The molecule has 0 amide bonds. The zero-order chi connectivity index (χ0) is 14.2. The molecule has 6 heteroatoms. The monoisotopic (exact) mass is 263 g/mol. The van der Waals surface area contributed by atoms with E-state index in [4.69, 9.17) is 4.52 Å². The summed E-state index contributed by atoms with van der Waals surface area (Å²) < 4.78 is 7.10. The highest BCUT2D eigenvalue weighted by Gasteiger charge is 2.32. The van der Waals surface area contributed by atoms with Gasteiger partial charge >= 0.3 is 5.97 Å². The van der Waals surface area contributed by atoms with Gasteiger partial charge in [-0.15, -0.1) is 0 Å². The number of aromatic carboxylic acids is 1. The van der Waals surface area contributed by atoms with Crippen molar-refractivity contribution in [1.82, 2.24) is 14.7 Å². The van der Waals surface area contributed by atoms with Crippen molar-refractivity contribution >= 4 is 5.97 Å². The van der Waals surface area contributed by atoms with Gasteiger partial charge in [-0.1, -0.05) is 25.9 Å². The molecule has 0 unspecified atom stereocenters. The van der Waals surface area contributed by atoms with Crippen molar-refractivity contribution in [3.63, 3.8) is 0 Å². The number of aromatic nitrogens is 3. The van der Waals surface area contributed by atoms with Gasteiger partial charge in [-0.05, 0) is 6.92 Å². The maximum Gasteiger partial charge on any atom is 0.341 e. The van der Waals surface area contributed by atoms with Crippen LogP contribution in [0, 0.1) is 0 Å². The van der Waals surface area contributed by atoms with E-state index in [2.05, 4.69) is 10.1 Å². The van der Waals surface area contributed by atoms with Gasteiger partial charge in [0, 0.05) is 12.0 Å². The molecule has 0 saturated carbocycles. The summed E-state index contributed by atoms with van der Waals surface area (Å²) in [5, 5.41) is 13.4. The lowest BCUT2D eigenvalue weighted by atomic mass is 9.89. The summed E-state index contributed by atoms with van der Waals surface area (Å²) in [6.45, 7) is 8.31. The first-order chi connectivity index (χ1) is 8.86. The van der Waals surface area contributed by atoms with Gasteiger partial charge in [0.1, 0.15) is 11.3 Å². The molecule has 0 aromatic carbocycles. The van der Waals surface area contributed by atoms with E-state index in [0.717, 1.165) is 0 Å². The maximum absolute atomic E-state index is 11.5. The minimum absolute atomic E-state index is 0.114. The highest BCUT2D eigenvalue weighted by Crippen LogP contribution is 2.32. The summed E-state index contributed by atoms with van der Waals surface area (Å²) in [7, 11) is 0. The number of aryl methyl sites for hydroxylation is 1. The van der Waals surface area contributed by atoms with E-state index in [1.807, 2.05) is 32.3 Å². The van der Waals surface area contributed by atoms with E-state index < -0.39 is 11.4 Å². The number of carbonyl (C=O) groups is 1. The molecule has 0 fully saturated rings. The van der Waals surface area contributed by atoms with Crippen LogP contribution in [-0.2, 0) is 12.0 Å². The van der Waals surface area contributed by atoms with Crippen LogP contribution >= 0.6 is 0 Å². The van der Waals surface area contributed by atoms with Crippen LogP contribution in [0.15, 0.2) is 17.0 Å². The fourth-order valence-corrected chi connectivity index (χ4v) is 1.95. The van der Waals surface area contributed by atoms with Crippen LogP contribution in [0.25, 0.3) is 11.4 Å². The summed E-state index contributed by atoms with van der Waals surface area (Å²) in [6, 6.07) is 0. The first kappa shape index (κ1) is 13.3. The second kappa shape index (κ2) is 4.53. The highest BCUT2D eigenvalue weighted by atomic mass is 16.5. The Morgan fingerprint density at radius 3 is 2.68 bits per heavy atom. The van der Waals surface area contributed by atoms with Crippen LogP contribution < -0.4 is 0 Å². The third-order valence-electron chi connectivity index (χ3n) is 2.88. The molecule has 0 radical (unpaired) electrons. The molecule has 2 aromatic rings. The Morgan fingerprint density at radius 1 is 1.47 bits per heavy atom. The molecule has 6 nitrogen and oxygen atoms in total. The van der Waals surface area contributed by atoms with Crippen molar-refractivity contribution in [2.75, 3.05) is 0 Å². The Kier molecular flexibility index (Phi) is 3.18. The molecule has 0 spiro atoms. The number of hydrogen-bond acceptors (Lipinski definition) is 4. The maximum atomic E-state index is 11.5. The largest absolute Gasteiger partial charge is 0.477 e. The Balaban J connectivity index is 2.66. The number of imidazole rings is 1. The van der Waals surface area contributed by atoms with Crippen molar-refractivity contribution < 1.29 is 14.4 Å². The van der Waals surface area contributed by atoms with Gasteiger partial charge in [-0.3, -0.25) is 0 Å². The predicted molar refractivity (Wildman–Crippen MR) is 69.1 cm³/mol. The second-order valence-corrected chi connectivity index (χ2v) is 5.36. The van der Waals surface area contributed by atoms with E-state index in [-0.39, 0.29) is 5.56 Å². The van der Waals surface area contributed by atoms with Crippen molar-refractivity contribution in [2.45, 2.75) is 39.7 Å². The van der Waals surface area contributed by atoms with Crippen molar-refractivity contribution in [2.24, 2.45) is 0 Å². The number of carboxylic acid groups (broad SMARTS) is 1. The standard InChI is InChI=1S/C13H17N3O3/c1-5-16-7-14-6-8(16)10-9(12(17)18)11(19-15-10)13(2,3)4/h6-7H,5H2,1-4H3,(H,17,18). The zero-order valence-corrected chi connectivity index (χ0v) is 11.5. The van der Waals surface area contributed by atoms with Gasteiger partial charge < -0.3 is 14.2 Å². The van der Waals surface area contributed by atoms with Gasteiger partial charge in [0.15, 0.2) is 5.76 Å².